The highest BCUT2D eigenvalue weighted by Crippen LogP contribution is 2.35. The van der Waals surface area contributed by atoms with Crippen molar-refractivity contribution < 1.29 is 13.2 Å². The van der Waals surface area contributed by atoms with Gasteiger partial charge in [-0.3, -0.25) is 4.31 Å². The van der Waals surface area contributed by atoms with Crippen LogP contribution in [0.1, 0.15) is 17.5 Å². The van der Waals surface area contributed by atoms with E-state index in [1.165, 1.54) is 16.1 Å². The molecule has 1 aliphatic heterocycles. The molecular formula is C25H28N2O3S. The van der Waals surface area contributed by atoms with Crippen LogP contribution in [0.2, 0.25) is 0 Å². The molecule has 0 fully saturated rings. The molecular weight excluding hydrogens is 408 g/mol. The molecule has 0 aliphatic carbocycles. The summed E-state index contributed by atoms with van der Waals surface area (Å²) in [5, 5.41) is 0. The van der Waals surface area contributed by atoms with Crippen LogP contribution in [-0.4, -0.2) is 27.8 Å². The molecule has 3 aromatic rings. The molecule has 2 N–H and O–H groups in total. The number of anilines is 1. The second-order valence-corrected chi connectivity index (χ2v) is 9.99. The smallest absolute Gasteiger partial charge is 0.232 e. The molecule has 1 heterocycles. The summed E-state index contributed by atoms with van der Waals surface area (Å²) < 4.78 is 32.3. The van der Waals surface area contributed by atoms with Crippen molar-refractivity contribution in [1.29, 1.82) is 0 Å². The Morgan fingerprint density at radius 3 is 2.39 bits per heavy atom. The minimum Gasteiger partial charge on any atom is -0.489 e. The summed E-state index contributed by atoms with van der Waals surface area (Å²) in [6, 6.07) is 24.3. The van der Waals surface area contributed by atoms with Crippen LogP contribution in [0.15, 0.2) is 72.8 Å². The summed E-state index contributed by atoms with van der Waals surface area (Å²) in [6.45, 7) is 1.44. The quantitative estimate of drug-likeness (QED) is 0.602. The highest BCUT2D eigenvalue weighted by Gasteiger charge is 2.29. The fourth-order valence-corrected chi connectivity index (χ4v) is 5.09. The summed E-state index contributed by atoms with van der Waals surface area (Å²) in [5.41, 5.74) is 10.8. The van der Waals surface area contributed by atoms with Gasteiger partial charge in [-0.25, -0.2) is 8.42 Å². The molecule has 0 saturated heterocycles. The fraction of sp³-hybridized carbons (Fsp3) is 0.280. The standard InChI is InChI=1S/C25H28N2O3S/c1-31(28,29)27-17-20(13-14-26)15-23-11-12-24(16-25(23)27)30-18-19-7-9-22(10-8-19)21-5-3-2-4-6-21/h2-12,16,20H,13-15,17-18,26H2,1H3. The van der Waals surface area contributed by atoms with Gasteiger partial charge in [-0.1, -0.05) is 60.7 Å². The van der Waals surface area contributed by atoms with E-state index in [-0.39, 0.29) is 5.92 Å². The highest BCUT2D eigenvalue weighted by atomic mass is 32.2. The van der Waals surface area contributed by atoms with Crippen LogP contribution in [0.3, 0.4) is 0 Å². The molecule has 1 aliphatic rings. The van der Waals surface area contributed by atoms with Gasteiger partial charge in [0, 0.05) is 12.6 Å². The zero-order chi connectivity index (χ0) is 21.8. The molecule has 4 rings (SSSR count). The summed E-state index contributed by atoms with van der Waals surface area (Å²) in [5.74, 6) is 0.902. The number of hydrogen-bond acceptors (Lipinski definition) is 4. The van der Waals surface area contributed by atoms with Crippen LogP contribution in [0, 0.1) is 5.92 Å². The Hall–Kier alpha value is -2.83. The van der Waals surface area contributed by atoms with Crippen LogP contribution in [0.5, 0.6) is 5.75 Å². The molecule has 5 nitrogen and oxygen atoms in total. The second-order valence-electron chi connectivity index (χ2n) is 8.08. The Kier molecular flexibility index (Phi) is 6.30. The normalized spacial score (nSPS) is 16.1. The number of ether oxygens (including phenoxy) is 1. The van der Waals surface area contributed by atoms with Crippen molar-refractivity contribution in [2.45, 2.75) is 19.4 Å². The largest absolute Gasteiger partial charge is 0.489 e. The summed E-state index contributed by atoms with van der Waals surface area (Å²) in [4.78, 5) is 0. The Balaban J connectivity index is 1.49. The molecule has 1 unspecified atom stereocenters. The zero-order valence-corrected chi connectivity index (χ0v) is 18.5. The van der Waals surface area contributed by atoms with E-state index in [4.69, 9.17) is 10.5 Å². The van der Waals surface area contributed by atoms with Crippen LogP contribution >= 0.6 is 0 Å². The molecule has 162 valence electrons. The predicted molar refractivity (Wildman–Crippen MR) is 126 cm³/mol. The van der Waals surface area contributed by atoms with Gasteiger partial charge in [0.15, 0.2) is 0 Å². The summed E-state index contributed by atoms with van der Waals surface area (Å²) >= 11 is 0. The molecule has 0 aromatic heterocycles. The van der Waals surface area contributed by atoms with Gasteiger partial charge in [0.1, 0.15) is 12.4 Å². The SMILES string of the molecule is CS(=O)(=O)N1CC(CCN)Cc2ccc(OCc3ccc(-c4ccccc4)cc3)cc21. The third-order valence-electron chi connectivity index (χ3n) is 5.70. The molecule has 0 amide bonds. The lowest BCUT2D eigenvalue weighted by atomic mass is 9.91. The molecule has 0 saturated carbocycles. The van der Waals surface area contributed by atoms with Gasteiger partial charge < -0.3 is 10.5 Å². The van der Waals surface area contributed by atoms with E-state index in [0.29, 0.717) is 31.1 Å². The van der Waals surface area contributed by atoms with Gasteiger partial charge in [-0.2, -0.15) is 0 Å². The maximum absolute atomic E-state index is 12.4. The highest BCUT2D eigenvalue weighted by molar-refractivity contribution is 7.92. The van der Waals surface area contributed by atoms with Gasteiger partial charge in [0.2, 0.25) is 10.0 Å². The van der Waals surface area contributed by atoms with E-state index >= 15 is 0 Å². The third-order valence-corrected chi connectivity index (χ3v) is 6.85. The Bertz CT molecular complexity index is 1130. The minimum absolute atomic E-state index is 0.238. The molecule has 6 heteroatoms. The first-order valence-corrected chi connectivity index (χ1v) is 12.4. The fourth-order valence-electron chi connectivity index (χ4n) is 4.08. The van der Waals surface area contributed by atoms with Crippen LogP contribution in [0.4, 0.5) is 5.69 Å². The van der Waals surface area contributed by atoms with Crippen molar-refractivity contribution in [3.8, 4) is 16.9 Å². The number of hydrogen-bond donors (Lipinski definition) is 1. The average Bonchev–Trinajstić information content (AvgIpc) is 2.78. The molecule has 0 radical (unpaired) electrons. The van der Waals surface area contributed by atoms with Crippen molar-refractivity contribution in [3.63, 3.8) is 0 Å². The lowest BCUT2D eigenvalue weighted by molar-refractivity contribution is 0.306. The van der Waals surface area contributed by atoms with Crippen molar-refractivity contribution >= 4 is 15.7 Å². The number of nitrogens with zero attached hydrogens (tertiary/aromatic N) is 1. The van der Waals surface area contributed by atoms with Gasteiger partial charge >= 0.3 is 0 Å². The van der Waals surface area contributed by atoms with Crippen molar-refractivity contribution in [2.75, 3.05) is 23.7 Å². The lowest BCUT2D eigenvalue weighted by Crippen LogP contribution is -2.40. The molecule has 1 atom stereocenters. The maximum atomic E-state index is 12.4. The summed E-state index contributed by atoms with van der Waals surface area (Å²) in [6.07, 6.45) is 2.89. The number of sulfonamides is 1. The van der Waals surface area contributed by atoms with Crippen molar-refractivity contribution in [2.24, 2.45) is 11.7 Å². The average molecular weight is 437 g/mol. The van der Waals surface area contributed by atoms with Crippen molar-refractivity contribution in [1.82, 2.24) is 0 Å². The topological polar surface area (TPSA) is 72.6 Å². The first kappa shape index (κ1) is 21.4. The monoisotopic (exact) mass is 436 g/mol. The maximum Gasteiger partial charge on any atom is 0.232 e. The van der Waals surface area contributed by atoms with Crippen LogP contribution in [-0.2, 0) is 23.1 Å². The van der Waals surface area contributed by atoms with E-state index < -0.39 is 10.0 Å². The van der Waals surface area contributed by atoms with Gasteiger partial charge in [0.25, 0.3) is 0 Å². The zero-order valence-electron chi connectivity index (χ0n) is 17.7. The number of benzene rings is 3. The second kappa shape index (κ2) is 9.12. The third kappa shape index (κ3) is 5.09. The molecule has 0 spiro atoms. The first-order chi connectivity index (χ1) is 14.9. The number of rotatable bonds is 7. The van der Waals surface area contributed by atoms with Gasteiger partial charge in [0.05, 0.1) is 11.9 Å². The van der Waals surface area contributed by atoms with Gasteiger partial charge in [-0.05, 0) is 53.6 Å². The van der Waals surface area contributed by atoms with E-state index in [1.54, 1.807) is 0 Å². The Morgan fingerprint density at radius 2 is 1.71 bits per heavy atom. The number of fused-ring (bicyclic) bond motifs is 1. The van der Waals surface area contributed by atoms with E-state index in [1.807, 2.05) is 36.4 Å². The first-order valence-electron chi connectivity index (χ1n) is 10.5. The Labute approximate surface area is 184 Å². The van der Waals surface area contributed by atoms with Gasteiger partial charge in [-0.15, -0.1) is 0 Å². The van der Waals surface area contributed by atoms with Crippen LogP contribution < -0.4 is 14.8 Å². The Morgan fingerprint density at radius 1 is 1.00 bits per heavy atom. The lowest BCUT2D eigenvalue weighted by Gasteiger charge is -2.34. The molecule has 3 aromatic carbocycles. The van der Waals surface area contributed by atoms with Crippen molar-refractivity contribution in [3.05, 3.63) is 83.9 Å². The van der Waals surface area contributed by atoms with Crippen LogP contribution in [0.25, 0.3) is 11.1 Å². The van der Waals surface area contributed by atoms with E-state index in [0.717, 1.165) is 29.5 Å². The summed E-state index contributed by atoms with van der Waals surface area (Å²) in [7, 11) is -3.37. The minimum atomic E-state index is -3.37. The predicted octanol–water partition coefficient (Wildman–Crippen LogP) is 4.22. The van der Waals surface area contributed by atoms with E-state index in [9.17, 15) is 8.42 Å². The molecule has 0 bridgehead atoms. The number of nitrogens with two attached hydrogens (primary N) is 1. The van der Waals surface area contributed by atoms with E-state index in [2.05, 4.69) is 36.4 Å². The molecule has 31 heavy (non-hydrogen) atoms.